The van der Waals surface area contributed by atoms with Crippen molar-refractivity contribution in [3.8, 4) is 6.01 Å². The summed E-state index contributed by atoms with van der Waals surface area (Å²) in [5.74, 6) is -0.572. The van der Waals surface area contributed by atoms with Gasteiger partial charge in [-0.25, -0.2) is 0 Å². The largest absolute Gasteiger partial charge is 0.454 e. The summed E-state index contributed by atoms with van der Waals surface area (Å²) in [4.78, 5) is 37.4. The van der Waals surface area contributed by atoms with Gasteiger partial charge in [0.1, 0.15) is 0 Å². The number of carbonyl (C=O) groups is 2. The summed E-state index contributed by atoms with van der Waals surface area (Å²) < 4.78 is 42.2. The molecule has 1 aromatic carbocycles. The van der Waals surface area contributed by atoms with Gasteiger partial charge in [0.05, 0.1) is 0 Å². The van der Waals surface area contributed by atoms with Crippen LogP contribution in [0.3, 0.4) is 0 Å². The van der Waals surface area contributed by atoms with Gasteiger partial charge in [0, 0.05) is 44.4 Å². The molecule has 2 aliphatic heterocycles. The highest BCUT2D eigenvalue weighted by Crippen LogP contribution is 2.20. The molecule has 4 rings (SSSR count). The topological polar surface area (TPSA) is 121 Å². The number of halogens is 3. The van der Waals surface area contributed by atoms with Crippen molar-refractivity contribution in [3.63, 3.8) is 0 Å². The number of nitrogens with zero attached hydrogens (tertiary/aromatic N) is 4. The van der Waals surface area contributed by atoms with Gasteiger partial charge in [0.15, 0.2) is 6.61 Å². The molecule has 4 bridgehead atoms. The lowest BCUT2D eigenvalue weighted by molar-refractivity contribution is -0.154. The lowest BCUT2D eigenvalue weighted by atomic mass is 10.2. The molecule has 2 amide bonds. The monoisotopic (exact) mass is 439 g/mol. The van der Waals surface area contributed by atoms with Gasteiger partial charge in [-0.05, 0) is 24.3 Å². The van der Waals surface area contributed by atoms with Gasteiger partial charge in [-0.3, -0.25) is 9.59 Å². The third-order valence-corrected chi connectivity index (χ3v) is 4.16. The van der Waals surface area contributed by atoms with Crippen molar-refractivity contribution < 1.29 is 27.5 Å². The van der Waals surface area contributed by atoms with Crippen molar-refractivity contribution >= 4 is 29.4 Å². The van der Waals surface area contributed by atoms with Gasteiger partial charge in [-0.2, -0.15) is 28.1 Å². The van der Waals surface area contributed by atoms with Crippen molar-refractivity contribution in [3.05, 3.63) is 29.8 Å². The summed E-state index contributed by atoms with van der Waals surface area (Å²) >= 11 is 0. The molecule has 166 valence electrons. The Morgan fingerprint density at radius 2 is 1.71 bits per heavy atom. The molecule has 0 fully saturated rings. The molecule has 1 aromatic heterocycles. The zero-order valence-corrected chi connectivity index (χ0v) is 16.5. The highest BCUT2D eigenvalue weighted by atomic mass is 19.4. The van der Waals surface area contributed by atoms with Crippen molar-refractivity contribution in [1.29, 1.82) is 0 Å². The average Bonchev–Trinajstić information content (AvgIpc) is 2.70. The molecule has 0 unspecified atom stereocenters. The number of amides is 2. The van der Waals surface area contributed by atoms with Crippen LogP contribution in [0.25, 0.3) is 0 Å². The van der Waals surface area contributed by atoms with E-state index in [-0.39, 0.29) is 49.9 Å². The van der Waals surface area contributed by atoms with Crippen molar-refractivity contribution in [2.45, 2.75) is 13.1 Å². The summed E-state index contributed by atoms with van der Waals surface area (Å²) in [6.07, 6.45) is -4.56. The molecule has 3 heterocycles. The summed E-state index contributed by atoms with van der Waals surface area (Å²) in [6.45, 7) is 0.842. The molecular formula is C18H20F3N7O3. The predicted octanol–water partition coefficient (Wildman–Crippen LogP) is 1.56. The Kier molecular flexibility index (Phi) is 6.72. The summed E-state index contributed by atoms with van der Waals surface area (Å²) in [5.41, 5.74) is 0.907. The Hall–Kier alpha value is -3.64. The molecular weight excluding hydrogens is 419 g/mol. The van der Waals surface area contributed by atoms with Crippen molar-refractivity contribution in [2.24, 2.45) is 0 Å². The number of hydrogen-bond donors (Lipinski definition) is 3. The number of anilines is 3. The normalized spacial score (nSPS) is 15.0. The number of benzene rings is 1. The van der Waals surface area contributed by atoms with Crippen LogP contribution in [-0.4, -0.2) is 70.6 Å². The van der Waals surface area contributed by atoms with Gasteiger partial charge >= 0.3 is 12.2 Å². The molecule has 0 atom stereocenters. The molecule has 0 spiro atoms. The van der Waals surface area contributed by atoms with E-state index in [1.165, 1.54) is 11.8 Å². The first-order valence-corrected chi connectivity index (χ1v) is 9.30. The molecule has 3 N–H and O–H groups in total. The van der Waals surface area contributed by atoms with Crippen molar-refractivity contribution in [2.75, 3.05) is 43.4 Å². The van der Waals surface area contributed by atoms with Gasteiger partial charge in [-0.15, -0.1) is 0 Å². The van der Waals surface area contributed by atoms with Crippen LogP contribution < -0.4 is 20.7 Å². The van der Waals surface area contributed by atoms with E-state index in [9.17, 15) is 22.8 Å². The number of carbonyl (C=O) groups excluding carboxylic acids is 2. The second-order valence-electron chi connectivity index (χ2n) is 6.56. The third kappa shape index (κ3) is 6.69. The number of alkyl halides is 3. The highest BCUT2D eigenvalue weighted by molar-refractivity contribution is 5.94. The molecule has 0 aliphatic carbocycles. The number of ether oxygens (including phenoxy) is 1. The second kappa shape index (κ2) is 9.45. The second-order valence-corrected chi connectivity index (χ2v) is 6.56. The minimum absolute atomic E-state index is 0.0183. The third-order valence-electron chi connectivity index (χ3n) is 4.16. The smallest absolute Gasteiger partial charge is 0.422 e. The molecule has 0 saturated heterocycles. The Morgan fingerprint density at radius 1 is 1.06 bits per heavy atom. The fraction of sp³-hybridized carbons (Fsp3) is 0.389. The van der Waals surface area contributed by atoms with Crippen LogP contribution in [-0.2, 0) is 4.79 Å². The molecule has 2 aromatic rings. The molecule has 0 radical (unpaired) electrons. The quantitative estimate of drug-likeness (QED) is 0.603. The number of hydrogen-bond acceptors (Lipinski definition) is 8. The predicted molar refractivity (Wildman–Crippen MR) is 104 cm³/mol. The maximum absolute atomic E-state index is 12.5. The van der Waals surface area contributed by atoms with Gasteiger partial charge in [-0.1, -0.05) is 0 Å². The SMILES string of the molecule is CC(=O)N1CCNC(=O)c2ccc(cc2)Nc2nc(nc(OCC(F)(F)F)n2)NCC1. The van der Waals surface area contributed by atoms with E-state index in [1.807, 2.05) is 0 Å². The van der Waals surface area contributed by atoms with E-state index in [0.717, 1.165) is 0 Å². The maximum atomic E-state index is 12.5. The molecule has 13 heteroatoms. The minimum Gasteiger partial charge on any atom is -0.454 e. The first-order chi connectivity index (χ1) is 14.7. The first kappa shape index (κ1) is 22.1. The van der Waals surface area contributed by atoms with E-state index in [1.54, 1.807) is 24.3 Å². The van der Waals surface area contributed by atoms with Crippen LogP contribution in [0.2, 0.25) is 0 Å². The summed E-state index contributed by atoms with van der Waals surface area (Å²) in [6, 6.07) is 5.80. The Morgan fingerprint density at radius 3 is 2.35 bits per heavy atom. The summed E-state index contributed by atoms with van der Waals surface area (Å²) in [7, 11) is 0. The van der Waals surface area contributed by atoms with Gasteiger partial charge in [0.25, 0.3) is 5.91 Å². The van der Waals surface area contributed by atoms with E-state index >= 15 is 0 Å². The number of nitrogens with one attached hydrogen (secondary N) is 3. The summed E-state index contributed by atoms with van der Waals surface area (Å²) in [5, 5.41) is 8.43. The van der Waals surface area contributed by atoms with Crippen LogP contribution in [0, 0.1) is 0 Å². The zero-order valence-electron chi connectivity index (χ0n) is 16.5. The molecule has 10 nitrogen and oxygen atoms in total. The average molecular weight is 439 g/mol. The lowest BCUT2D eigenvalue weighted by Gasteiger charge is -2.21. The number of aromatic nitrogens is 3. The van der Waals surface area contributed by atoms with Crippen molar-refractivity contribution in [1.82, 2.24) is 25.2 Å². The fourth-order valence-corrected chi connectivity index (χ4v) is 2.67. The molecule has 31 heavy (non-hydrogen) atoms. The fourth-order valence-electron chi connectivity index (χ4n) is 2.67. The van der Waals surface area contributed by atoms with E-state index < -0.39 is 18.8 Å². The first-order valence-electron chi connectivity index (χ1n) is 9.30. The minimum atomic E-state index is -4.56. The lowest BCUT2D eigenvalue weighted by Crippen LogP contribution is -2.40. The van der Waals surface area contributed by atoms with Gasteiger partial charge < -0.3 is 25.6 Å². The molecule has 2 aliphatic rings. The maximum Gasteiger partial charge on any atom is 0.422 e. The van der Waals surface area contributed by atoms with Crippen LogP contribution in [0.5, 0.6) is 6.01 Å². The Labute approximate surface area is 175 Å². The zero-order chi connectivity index (χ0) is 22.4. The van der Waals surface area contributed by atoms with Crippen LogP contribution >= 0.6 is 0 Å². The standard InChI is InChI=1S/C18H20F3N7O3/c1-11(29)28-8-6-22-14(30)12-2-4-13(5-3-12)24-16-25-15(23-7-9-28)26-17(27-16)31-10-18(19,20)21/h2-5H,6-10H2,1H3,(H,22,30)(H2,23,24,25,26,27). The molecule has 0 saturated carbocycles. The Bertz CT molecular complexity index is 938. The Balaban J connectivity index is 1.89. The van der Waals surface area contributed by atoms with Crippen LogP contribution in [0.4, 0.5) is 30.8 Å². The van der Waals surface area contributed by atoms with Crippen LogP contribution in [0.1, 0.15) is 17.3 Å². The highest BCUT2D eigenvalue weighted by Gasteiger charge is 2.29. The number of rotatable bonds is 2. The van der Waals surface area contributed by atoms with Gasteiger partial charge in [0.2, 0.25) is 17.8 Å². The van der Waals surface area contributed by atoms with E-state index in [2.05, 4.69) is 35.6 Å². The van der Waals surface area contributed by atoms with E-state index in [0.29, 0.717) is 11.3 Å². The van der Waals surface area contributed by atoms with Crippen LogP contribution in [0.15, 0.2) is 24.3 Å². The number of fused-ring (bicyclic) bond motifs is 9. The van der Waals surface area contributed by atoms with E-state index in [4.69, 9.17) is 0 Å².